The zero-order valence-electron chi connectivity index (χ0n) is 17.0. The second-order valence-corrected chi connectivity index (χ2v) is 9.72. The third kappa shape index (κ3) is 4.52. The minimum absolute atomic E-state index is 0.175. The molecule has 5 N–H and O–H groups in total. The van der Waals surface area contributed by atoms with Crippen molar-refractivity contribution in [3.05, 3.63) is 11.8 Å². The van der Waals surface area contributed by atoms with E-state index in [0.29, 0.717) is 18.2 Å². The predicted octanol–water partition coefficient (Wildman–Crippen LogP) is -1.16. The van der Waals surface area contributed by atoms with Crippen LogP contribution in [0.2, 0.25) is 5.31 Å². The lowest BCUT2D eigenvalue weighted by atomic mass is 9.41. The Bertz CT molecular complexity index is 706. The van der Waals surface area contributed by atoms with Crippen molar-refractivity contribution in [1.82, 2.24) is 9.97 Å². The first kappa shape index (κ1) is 20.6. The summed E-state index contributed by atoms with van der Waals surface area (Å²) in [6.45, 7) is 8.10. The molecular weight excluding hydrogens is 327 g/mol. The quantitative estimate of drug-likeness (QED) is 0.506. The molecule has 1 aromatic rings. The van der Waals surface area contributed by atoms with Crippen molar-refractivity contribution in [3.8, 4) is 0 Å². The molecule has 1 heterocycles. The van der Waals surface area contributed by atoms with Gasteiger partial charge in [0.2, 0.25) is 5.95 Å². The van der Waals surface area contributed by atoms with Crippen LogP contribution < -0.4 is 16.4 Å². The van der Waals surface area contributed by atoms with E-state index in [1.807, 2.05) is 36.5 Å². The Labute approximate surface area is 158 Å². The number of rotatable bonds is 4. The third-order valence-electron chi connectivity index (χ3n) is 5.46. The molecule has 3 unspecified atom stereocenters. The van der Waals surface area contributed by atoms with E-state index in [4.69, 9.17) is 5.73 Å². The van der Waals surface area contributed by atoms with Gasteiger partial charge in [-0.25, -0.2) is 4.98 Å². The van der Waals surface area contributed by atoms with Crippen LogP contribution in [0, 0.1) is 0 Å². The lowest BCUT2D eigenvalue weighted by molar-refractivity contribution is 0.0347. The van der Waals surface area contributed by atoms with Gasteiger partial charge in [0.15, 0.2) is 0 Å². The van der Waals surface area contributed by atoms with Crippen molar-refractivity contribution in [3.63, 3.8) is 0 Å². The van der Waals surface area contributed by atoms with Crippen molar-refractivity contribution in [2.45, 2.75) is 68.7 Å². The highest BCUT2D eigenvalue weighted by atomic mass is 16.3. The number of aliphatic hydroxyl groups is 1. The number of primary amides is 1. The topological polar surface area (TPSA) is 113 Å². The normalized spacial score (nSPS) is 32.0. The number of anilines is 2. The minimum Gasteiger partial charge on any atom is -0.399 e. The maximum absolute atomic E-state index is 11.8. The average Bonchev–Trinajstić information content (AvgIpc) is 2.41. The van der Waals surface area contributed by atoms with Gasteiger partial charge in [-0.1, -0.05) is 13.3 Å². The lowest BCUT2D eigenvalue weighted by Crippen LogP contribution is -2.57. The first-order valence-electron chi connectivity index (χ1n) is 9.10. The van der Waals surface area contributed by atoms with Crippen molar-refractivity contribution >= 4 is 41.2 Å². The summed E-state index contributed by atoms with van der Waals surface area (Å²) < 4.78 is 0. The molecule has 0 aliphatic heterocycles. The Kier molecular flexibility index (Phi) is 5.14. The fourth-order valence-corrected chi connectivity index (χ4v) is 3.39. The van der Waals surface area contributed by atoms with Crippen LogP contribution in [-0.4, -0.2) is 61.0 Å². The van der Waals surface area contributed by atoms with Crippen LogP contribution in [0.3, 0.4) is 0 Å². The number of carbonyl (C=O) groups is 1. The van der Waals surface area contributed by atoms with E-state index in [9.17, 15) is 9.90 Å². The molecule has 26 heavy (non-hydrogen) atoms. The number of nitrogens with zero attached hydrogens (tertiary/aromatic N) is 2. The molecule has 3 atom stereocenters. The minimum atomic E-state index is -0.834. The van der Waals surface area contributed by atoms with Gasteiger partial charge in [0, 0.05) is 22.7 Å². The summed E-state index contributed by atoms with van der Waals surface area (Å²) in [4.78, 5) is 20.5. The van der Waals surface area contributed by atoms with Gasteiger partial charge in [-0.3, -0.25) is 4.79 Å². The number of carbonyl (C=O) groups excluding carboxylic acids is 1. The molecule has 0 spiro atoms. The molecule has 0 bridgehead atoms. The van der Waals surface area contributed by atoms with E-state index in [0.717, 1.165) is 12.8 Å². The molecule has 1 saturated carbocycles. The summed E-state index contributed by atoms with van der Waals surface area (Å²) in [5.41, 5.74) is 4.30. The molecule has 1 fully saturated rings. The molecule has 1 aromatic heterocycles. The van der Waals surface area contributed by atoms with Gasteiger partial charge in [0.1, 0.15) is 29.4 Å². The van der Waals surface area contributed by atoms with Crippen LogP contribution in [0.25, 0.3) is 0 Å². The molecule has 140 valence electrons. The summed E-state index contributed by atoms with van der Waals surface area (Å²) >= 11 is 0. The van der Waals surface area contributed by atoms with Crippen molar-refractivity contribution in [2.24, 2.45) is 5.73 Å². The van der Waals surface area contributed by atoms with Crippen LogP contribution in [-0.2, 0) is 0 Å². The zero-order chi connectivity index (χ0) is 20.0. The summed E-state index contributed by atoms with van der Waals surface area (Å²) in [6.07, 6.45) is 3.69. The summed E-state index contributed by atoms with van der Waals surface area (Å²) in [7, 11) is 5.99. The van der Waals surface area contributed by atoms with E-state index in [1.54, 1.807) is 0 Å². The van der Waals surface area contributed by atoms with E-state index < -0.39 is 16.8 Å². The van der Waals surface area contributed by atoms with Crippen LogP contribution in [0.5, 0.6) is 0 Å². The van der Waals surface area contributed by atoms with E-state index in [2.05, 4.69) is 35.4 Å². The molecule has 1 aliphatic rings. The first-order valence-corrected chi connectivity index (χ1v) is 9.10. The molecule has 2 rings (SSSR count). The number of nitrogens with two attached hydrogens (primary N) is 1. The van der Waals surface area contributed by atoms with Crippen LogP contribution >= 0.6 is 0 Å². The van der Waals surface area contributed by atoms with Crippen molar-refractivity contribution in [1.29, 1.82) is 0 Å². The largest absolute Gasteiger partial charge is 0.399 e. The zero-order valence-corrected chi connectivity index (χ0v) is 17.0. The van der Waals surface area contributed by atoms with E-state index in [1.165, 1.54) is 6.20 Å². The molecule has 0 saturated heterocycles. The summed E-state index contributed by atoms with van der Waals surface area (Å²) in [5.74, 6) is 0.245. The predicted molar refractivity (Wildman–Crippen MR) is 113 cm³/mol. The van der Waals surface area contributed by atoms with Crippen LogP contribution in [0.1, 0.15) is 57.3 Å². The Hall–Kier alpha value is -1.70. The summed E-state index contributed by atoms with van der Waals surface area (Å²) in [6, 6.07) is 0. The lowest BCUT2D eigenvalue weighted by Gasteiger charge is -2.52. The van der Waals surface area contributed by atoms with E-state index >= 15 is 0 Å². The smallest absolute Gasteiger partial charge is 0.254 e. The Morgan fingerprint density at radius 2 is 1.92 bits per heavy atom. The number of nitrogens with one attached hydrogen (secondary N) is 2. The highest BCUT2D eigenvalue weighted by Crippen LogP contribution is 2.49. The van der Waals surface area contributed by atoms with Gasteiger partial charge in [0.05, 0.1) is 5.56 Å². The van der Waals surface area contributed by atoms with Crippen molar-refractivity contribution in [2.75, 3.05) is 10.6 Å². The van der Waals surface area contributed by atoms with Crippen molar-refractivity contribution < 1.29 is 9.90 Å². The van der Waals surface area contributed by atoms with Gasteiger partial charge in [-0.15, -0.1) is 0 Å². The second kappa shape index (κ2) is 6.48. The Balaban J connectivity index is 2.35. The molecule has 7 nitrogen and oxygen atoms in total. The standard InChI is InChI=1S/C16H30B3N5O2/c1-13(2,3)24-12-21-7-9(10(20)25)11(22-12)23-15(18)6-5-14(4,17)16(19,26)8-15/h7,26H,5-6,8,17-19H2,1-4H3,(H2,20,25)(H2,21,22,23,24). The second-order valence-electron chi connectivity index (χ2n) is 9.72. The maximum atomic E-state index is 11.8. The number of aromatic nitrogens is 2. The molecule has 0 aromatic carbocycles. The molecule has 1 aliphatic carbocycles. The van der Waals surface area contributed by atoms with Crippen LogP contribution in [0.15, 0.2) is 6.20 Å². The van der Waals surface area contributed by atoms with Gasteiger partial charge < -0.3 is 21.5 Å². The van der Waals surface area contributed by atoms with Gasteiger partial charge >= 0.3 is 0 Å². The number of hydrogen-bond acceptors (Lipinski definition) is 6. The number of amides is 1. The Morgan fingerprint density at radius 1 is 1.31 bits per heavy atom. The third-order valence-corrected chi connectivity index (χ3v) is 5.46. The first-order chi connectivity index (χ1) is 11.6. The van der Waals surface area contributed by atoms with Gasteiger partial charge in [-0.2, -0.15) is 4.98 Å². The maximum Gasteiger partial charge on any atom is 0.254 e. The summed E-state index contributed by atoms with van der Waals surface area (Å²) in [5, 5.41) is 17.3. The number of hydrogen-bond donors (Lipinski definition) is 4. The fraction of sp³-hybridized carbons (Fsp3) is 0.688. The molecule has 0 radical (unpaired) electrons. The monoisotopic (exact) mass is 357 g/mol. The highest BCUT2D eigenvalue weighted by molar-refractivity contribution is 6.27. The molecular formula is C16H30B3N5O2. The molecule has 1 amide bonds. The Morgan fingerprint density at radius 3 is 2.42 bits per heavy atom. The SMILES string of the molecule is BC1(Nc2nc(NC(C)(C)C)ncc2C(N)=O)CCC(B)(C)C(B)(O)C1. The van der Waals surface area contributed by atoms with E-state index in [-0.39, 0.29) is 16.4 Å². The van der Waals surface area contributed by atoms with Gasteiger partial charge in [0.25, 0.3) is 5.91 Å². The highest BCUT2D eigenvalue weighted by Gasteiger charge is 2.48. The van der Waals surface area contributed by atoms with Crippen LogP contribution in [0.4, 0.5) is 11.8 Å². The van der Waals surface area contributed by atoms with Gasteiger partial charge in [-0.05, 0) is 38.9 Å². The average molecular weight is 357 g/mol. The fourth-order valence-electron chi connectivity index (χ4n) is 3.39. The molecule has 10 heteroatoms.